The van der Waals surface area contributed by atoms with Crippen molar-refractivity contribution in [3.63, 3.8) is 0 Å². The Balaban J connectivity index is 1.56. The molecule has 1 aromatic carbocycles. The largest absolute Gasteiger partial charge is 0.455 e. The van der Waals surface area contributed by atoms with Crippen molar-refractivity contribution in [2.45, 2.75) is 68.9 Å². The second-order valence-corrected chi connectivity index (χ2v) is 11.9. The second-order valence-electron chi connectivity index (χ2n) is 11.9. The minimum atomic E-state index is -1.36. The van der Waals surface area contributed by atoms with Crippen molar-refractivity contribution in [1.29, 1.82) is 0 Å². The van der Waals surface area contributed by atoms with Crippen LogP contribution in [0.15, 0.2) is 54.6 Å². The molecule has 5 bridgehead atoms. The molecule has 44 heavy (non-hydrogen) atoms. The van der Waals surface area contributed by atoms with Gasteiger partial charge in [-0.2, -0.15) is 0 Å². The summed E-state index contributed by atoms with van der Waals surface area (Å²) >= 11 is 0. The number of benzene rings is 1. The predicted molar refractivity (Wildman–Crippen MR) is 160 cm³/mol. The van der Waals surface area contributed by atoms with E-state index in [9.17, 15) is 24.3 Å². The summed E-state index contributed by atoms with van der Waals surface area (Å²) in [5.41, 5.74) is -0.702. The summed E-state index contributed by atoms with van der Waals surface area (Å²) < 4.78 is 18.1. The van der Waals surface area contributed by atoms with Gasteiger partial charge in [-0.3, -0.25) is 19.2 Å². The van der Waals surface area contributed by atoms with Gasteiger partial charge in [0.25, 0.3) is 0 Å². The molecule has 0 radical (unpaired) electrons. The second kappa shape index (κ2) is 14.0. The van der Waals surface area contributed by atoms with Crippen molar-refractivity contribution >= 4 is 23.7 Å². The lowest BCUT2D eigenvalue weighted by Gasteiger charge is -2.35. The molecule has 238 valence electrons. The van der Waals surface area contributed by atoms with E-state index in [2.05, 4.69) is 12.2 Å². The van der Waals surface area contributed by atoms with Gasteiger partial charge in [0.1, 0.15) is 23.7 Å². The van der Waals surface area contributed by atoms with Crippen molar-refractivity contribution in [3.8, 4) is 0 Å². The summed E-state index contributed by atoms with van der Waals surface area (Å²) in [6.07, 6.45) is 8.89. The number of amides is 3. The number of rotatable bonds is 9. The number of allylic oxidation sites excluding steroid dienone is 1. The van der Waals surface area contributed by atoms with E-state index in [1.165, 1.54) is 12.0 Å². The highest BCUT2D eigenvalue weighted by atomic mass is 16.6. The molecule has 4 aliphatic rings. The molecule has 1 spiro atoms. The van der Waals surface area contributed by atoms with Crippen molar-refractivity contribution in [2.75, 3.05) is 40.0 Å². The molecule has 2 N–H and O–H groups in total. The maximum atomic E-state index is 14.3. The number of ether oxygens (including phenoxy) is 3. The molecule has 5 rings (SSSR count). The zero-order chi connectivity index (χ0) is 31.3. The Bertz CT molecular complexity index is 1270. The van der Waals surface area contributed by atoms with Crippen molar-refractivity contribution in [3.05, 3.63) is 60.2 Å². The van der Waals surface area contributed by atoms with Gasteiger partial charge in [0.05, 0.1) is 31.3 Å². The van der Waals surface area contributed by atoms with Crippen LogP contribution in [0, 0.1) is 11.8 Å². The lowest BCUT2D eigenvalue weighted by atomic mass is 9.74. The van der Waals surface area contributed by atoms with Crippen LogP contribution in [0.1, 0.15) is 50.7 Å². The van der Waals surface area contributed by atoms with E-state index < -0.39 is 53.6 Å². The molecule has 0 unspecified atom stereocenters. The molecule has 0 saturated carbocycles. The minimum absolute atomic E-state index is 0.0651. The monoisotopic (exact) mass is 609 g/mol. The zero-order valence-corrected chi connectivity index (χ0v) is 25.4. The van der Waals surface area contributed by atoms with Crippen LogP contribution < -0.4 is 5.32 Å². The van der Waals surface area contributed by atoms with Gasteiger partial charge in [0, 0.05) is 33.2 Å². The molecule has 11 heteroatoms. The van der Waals surface area contributed by atoms with Crippen LogP contribution in [0.3, 0.4) is 0 Å². The smallest absolute Gasteiger partial charge is 0.313 e. The van der Waals surface area contributed by atoms with Gasteiger partial charge in [-0.05, 0) is 18.4 Å². The van der Waals surface area contributed by atoms with Crippen LogP contribution in [0.2, 0.25) is 0 Å². The quantitative estimate of drug-likeness (QED) is 0.246. The average Bonchev–Trinajstić information content (AvgIpc) is 3.66. The van der Waals surface area contributed by atoms with Gasteiger partial charge >= 0.3 is 5.97 Å². The molecule has 4 heterocycles. The number of unbranched alkanes of at least 4 members (excludes halogenated alkanes) is 2. The summed E-state index contributed by atoms with van der Waals surface area (Å²) in [5, 5.41) is 12.9. The molecule has 2 fully saturated rings. The number of aliphatic hydroxyl groups is 1. The van der Waals surface area contributed by atoms with Gasteiger partial charge in [-0.15, -0.1) is 0 Å². The van der Waals surface area contributed by atoms with Crippen LogP contribution in [0.25, 0.3) is 0 Å². The number of likely N-dealkylation sites (tertiary alicyclic amines) is 1. The first-order valence-electron chi connectivity index (χ1n) is 15.6. The normalized spacial score (nSPS) is 33.0. The molecule has 0 aromatic heterocycles. The highest BCUT2D eigenvalue weighted by molar-refractivity contribution is 5.99. The number of aliphatic hydroxyl groups excluding tert-OH is 1. The highest BCUT2D eigenvalue weighted by Gasteiger charge is 2.73. The zero-order valence-electron chi connectivity index (χ0n) is 25.4. The van der Waals surface area contributed by atoms with Crippen LogP contribution in [0.5, 0.6) is 0 Å². The Morgan fingerprint density at radius 2 is 1.86 bits per heavy atom. The van der Waals surface area contributed by atoms with E-state index in [0.717, 1.165) is 19.3 Å². The molecular formula is C33H43N3O8. The minimum Gasteiger partial charge on any atom is -0.455 e. The van der Waals surface area contributed by atoms with E-state index in [0.29, 0.717) is 25.1 Å². The number of nitrogens with zero attached hydrogens (tertiary/aromatic N) is 2. The van der Waals surface area contributed by atoms with Crippen LogP contribution >= 0.6 is 0 Å². The van der Waals surface area contributed by atoms with Gasteiger partial charge in [0.15, 0.2) is 0 Å². The Morgan fingerprint density at radius 3 is 2.59 bits per heavy atom. The summed E-state index contributed by atoms with van der Waals surface area (Å²) in [7, 11) is 1.51. The highest BCUT2D eigenvalue weighted by Crippen LogP contribution is 2.55. The van der Waals surface area contributed by atoms with E-state index in [-0.39, 0.29) is 38.0 Å². The van der Waals surface area contributed by atoms with E-state index in [1.807, 2.05) is 42.5 Å². The Kier molecular flexibility index (Phi) is 10.2. The third-order valence-corrected chi connectivity index (χ3v) is 9.02. The average molecular weight is 610 g/mol. The summed E-state index contributed by atoms with van der Waals surface area (Å²) in [6.45, 7) is 2.53. The summed E-state index contributed by atoms with van der Waals surface area (Å²) in [4.78, 5) is 58.7. The number of fused-ring (bicyclic) bond motifs is 2. The van der Waals surface area contributed by atoms with Crippen molar-refractivity contribution in [2.24, 2.45) is 11.8 Å². The first kappa shape index (κ1) is 31.9. The number of hydrogen-bond donors (Lipinski definition) is 2. The lowest BCUT2D eigenvalue weighted by Crippen LogP contribution is -2.56. The molecule has 7 atom stereocenters. The lowest BCUT2D eigenvalue weighted by molar-refractivity contribution is -0.162. The van der Waals surface area contributed by atoms with Crippen LogP contribution in [-0.2, 0) is 33.4 Å². The number of esters is 1. The number of carbonyl (C=O) groups is 4. The van der Waals surface area contributed by atoms with Gasteiger partial charge in [-0.1, -0.05) is 74.4 Å². The fraction of sp³-hybridized carbons (Fsp3) is 0.576. The number of nitrogens with one attached hydrogen (secondary N) is 1. The number of cyclic esters (lactones) is 1. The fourth-order valence-corrected chi connectivity index (χ4v) is 7.01. The Labute approximate surface area is 258 Å². The van der Waals surface area contributed by atoms with E-state index in [4.69, 9.17) is 14.2 Å². The Hall–Kier alpha value is -3.54. The number of hydrogen-bond acceptors (Lipinski definition) is 8. The first-order chi connectivity index (χ1) is 21.4. The molecule has 11 nitrogen and oxygen atoms in total. The summed E-state index contributed by atoms with van der Waals surface area (Å²) in [5.74, 6) is -3.62. The van der Waals surface area contributed by atoms with E-state index >= 15 is 0 Å². The third-order valence-electron chi connectivity index (χ3n) is 9.02. The predicted octanol–water partition coefficient (Wildman–Crippen LogP) is 1.91. The number of β-amino-alcohol motifs (C(OH)–C–C–N with tert-alkyl or cyclic N) is 1. The van der Waals surface area contributed by atoms with Gasteiger partial charge < -0.3 is 34.4 Å². The number of methoxy groups -OCH3 is 1. The van der Waals surface area contributed by atoms with Gasteiger partial charge in [-0.25, -0.2) is 0 Å². The number of carbonyl (C=O) groups excluding carboxylic acids is 4. The fourth-order valence-electron chi connectivity index (χ4n) is 7.01. The Morgan fingerprint density at radius 1 is 1.07 bits per heavy atom. The molecule has 3 amide bonds. The standard InChI is InChI=1S/C33H43N3O8/c1-3-4-10-17-35-18-11-6-9-14-25(38)34-23(21-42-2)28(22-12-7-5-8-13-22)43-32(41)26-24-15-16-33(44-24)27(26)30(39)36(19-20-37)29(33)31(35)40/h5-8,11-13,15-16,23-24,26-29,37H,3-4,9-10,14,17-21H2,1-2H3,(H,34,38)/b11-6-/t23-,24+,26-,27-,28-,29+,33-/m0/s1. The topological polar surface area (TPSA) is 135 Å². The van der Waals surface area contributed by atoms with Crippen LogP contribution in [0.4, 0.5) is 0 Å². The maximum absolute atomic E-state index is 14.3. The van der Waals surface area contributed by atoms with Crippen molar-refractivity contribution < 1.29 is 38.5 Å². The summed E-state index contributed by atoms with van der Waals surface area (Å²) in [6, 6.07) is 7.35. The molecule has 4 aliphatic heterocycles. The third kappa shape index (κ3) is 6.05. The molecular weight excluding hydrogens is 566 g/mol. The van der Waals surface area contributed by atoms with E-state index in [1.54, 1.807) is 17.1 Å². The molecule has 1 aromatic rings. The SMILES string of the molecule is CCCCCN1C/C=C\CCC(=O)N[C@@H](COC)[C@H](c2ccccc2)OC(=O)[C@@H]2[C@H]3C(=O)N(CCO)[C@H](C1=O)[C@]31C=C[C@H]2O1. The molecule has 2 saturated heterocycles. The van der Waals surface area contributed by atoms with Crippen LogP contribution in [-0.4, -0.2) is 102 Å². The first-order valence-corrected chi connectivity index (χ1v) is 15.6. The maximum Gasteiger partial charge on any atom is 0.313 e. The molecule has 0 aliphatic carbocycles. The van der Waals surface area contributed by atoms with Crippen molar-refractivity contribution in [1.82, 2.24) is 15.1 Å². The van der Waals surface area contributed by atoms with Gasteiger partial charge in [0.2, 0.25) is 17.7 Å².